The Bertz CT molecular complexity index is 1000. The van der Waals surface area contributed by atoms with Crippen LogP contribution in [0.15, 0.2) is 30.3 Å². The fraction of sp³-hybridized carbons (Fsp3) is 0.690. The summed E-state index contributed by atoms with van der Waals surface area (Å²) < 4.78 is -1.07. The predicted molar refractivity (Wildman–Crippen MR) is 147 cm³/mol. The van der Waals surface area contributed by atoms with Crippen LogP contribution < -0.4 is 10.6 Å². The van der Waals surface area contributed by atoms with Gasteiger partial charge in [0.15, 0.2) is 0 Å². The van der Waals surface area contributed by atoms with Gasteiger partial charge in [0.2, 0.25) is 17.7 Å². The standard InChI is InChI=1S/C29H43N3O4S/c1-6-10-19(4)31-26(35)24-29-14-13-28(5,37-29)22(25(34)30-16-20-11-8-7-9-12-20)23(29)27(36)32(24)21(17-33)15-18(2)3/h7-9,11-12,18-19,21-24,33H,6,10,13-17H2,1-5H3,(H,30,34)(H,31,35)/t19?,21-,22+,23+,24?,28-,29?/m1/s1. The third-order valence-corrected chi connectivity index (χ3v) is 10.5. The second-order valence-electron chi connectivity index (χ2n) is 11.8. The molecule has 4 rings (SSSR count). The molecule has 37 heavy (non-hydrogen) atoms. The van der Waals surface area contributed by atoms with Gasteiger partial charge >= 0.3 is 0 Å². The zero-order chi connectivity index (χ0) is 27.0. The highest BCUT2D eigenvalue weighted by atomic mass is 32.2. The van der Waals surface area contributed by atoms with E-state index in [-0.39, 0.29) is 36.3 Å². The lowest BCUT2D eigenvalue weighted by Gasteiger charge is -2.38. The van der Waals surface area contributed by atoms with Gasteiger partial charge in [-0.3, -0.25) is 14.4 Å². The van der Waals surface area contributed by atoms with Crippen LogP contribution in [0.2, 0.25) is 0 Å². The summed E-state index contributed by atoms with van der Waals surface area (Å²) >= 11 is 1.68. The van der Waals surface area contributed by atoms with Crippen LogP contribution in [0.4, 0.5) is 0 Å². The number of carbonyl (C=O) groups excluding carboxylic acids is 3. The largest absolute Gasteiger partial charge is 0.394 e. The monoisotopic (exact) mass is 529 g/mol. The van der Waals surface area contributed by atoms with E-state index in [1.54, 1.807) is 16.7 Å². The van der Waals surface area contributed by atoms with E-state index in [4.69, 9.17) is 0 Å². The Hall–Kier alpha value is -2.06. The molecule has 1 spiro atoms. The number of amides is 3. The average Bonchev–Trinajstić information content (AvgIpc) is 3.42. The van der Waals surface area contributed by atoms with Gasteiger partial charge in [-0.2, -0.15) is 0 Å². The third-order valence-electron chi connectivity index (χ3n) is 8.51. The van der Waals surface area contributed by atoms with E-state index in [1.807, 2.05) is 37.3 Å². The second-order valence-corrected chi connectivity index (χ2v) is 13.7. The number of aliphatic hydroxyl groups excluding tert-OH is 1. The van der Waals surface area contributed by atoms with Crippen molar-refractivity contribution in [1.82, 2.24) is 15.5 Å². The summed E-state index contributed by atoms with van der Waals surface area (Å²) in [4.78, 5) is 43.6. The molecule has 0 aromatic heterocycles. The Morgan fingerprint density at radius 1 is 1.16 bits per heavy atom. The molecule has 0 saturated carbocycles. The van der Waals surface area contributed by atoms with Crippen molar-refractivity contribution in [3.05, 3.63) is 35.9 Å². The van der Waals surface area contributed by atoms with Gasteiger partial charge < -0.3 is 20.6 Å². The van der Waals surface area contributed by atoms with Crippen molar-refractivity contribution in [2.75, 3.05) is 6.61 Å². The maximum atomic E-state index is 14.3. The van der Waals surface area contributed by atoms with Crippen molar-refractivity contribution in [2.45, 2.75) is 101 Å². The minimum Gasteiger partial charge on any atom is -0.394 e. The highest BCUT2D eigenvalue weighted by molar-refractivity contribution is 8.02. The lowest BCUT2D eigenvalue weighted by molar-refractivity contribution is -0.143. The van der Waals surface area contributed by atoms with Crippen molar-refractivity contribution in [2.24, 2.45) is 17.8 Å². The number of thioether (sulfide) groups is 1. The third kappa shape index (κ3) is 5.03. The molecule has 3 heterocycles. The van der Waals surface area contributed by atoms with E-state index in [0.29, 0.717) is 19.4 Å². The van der Waals surface area contributed by atoms with Gasteiger partial charge in [0.25, 0.3) is 0 Å². The van der Waals surface area contributed by atoms with Gasteiger partial charge in [-0.1, -0.05) is 57.5 Å². The summed E-state index contributed by atoms with van der Waals surface area (Å²) in [5.41, 5.74) is 1.00. The van der Waals surface area contributed by atoms with Crippen LogP contribution in [0.1, 0.15) is 72.3 Å². The van der Waals surface area contributed by atoms with Crippen molar-refractivity contribution >= 4 is 29.5 Å². The Morgan fingerprint density at radius 2 is 1.86 bits per heavy atom. The number of benzene rings is 1. The van der Waals surface area contributed by atoms with Crippen LogP contribution in [0.3, 0.4) is 0 Å². The van der Waals surface area contributed by atoms with Crippen molar-refractivity contribution in [3.63, 3.8) is 0 Å². The number of hydrogen-bond acceptors (Lipinski definition) is 5. The van der Waals surface area contributed by atoms with Gasteiger partial charge in [0.1, 0.15) is 6.04 Å². The van der Waals surface area contributed by atoms with Crippen LogP contribution in [0.25, 0.3) is 0 Å². The molecular weight excluding hydrogens is 486 g/mol. The number of nitrogens with zero attached hydrogens (tertiary/aromatic N) is 1. The Morgan fingerprint density at radius 3 is 2.49 bits per heavy atom. The molecule has 1 aromatic rings. The molecule has 7 atom stereocenters. The van der Waals surface area contributed by atoms with Crippen LogP contribution >= 0.6 is 11.8 Å². The first-order valence-corrected chi connectivity index (χ1v) is 14.6. The van der Waals surface area contributed by atoms with Crippen LogP contribution in [-0.2, 0) is 20.9 Å². The second kappa shape index (κ2) is 11.0. The highest BCUT2D eigenvalue weighted by Crippen LogP contribution is 2.71. The van der Waals surface area contributed by atoms with E-state index in [1.165, 1.54) is 0 Å². The van der Waals surface area contributed by atoms with Gasteiger partial charge in [-0.05, 0) is 51.0 Å². The van der Waals surface area contributed by atoms with E-state index in [2.05, 4.69) is 38.3 Å². The summed E-state index contributed by atoms with van der Waals surface area (Å²) in [7, 11) is 0. The van der Waals surface area contributed by atoms with Crippen LogP contribution in [0, 0.1) is 17.8 Å². The molecular formula is C29H43N3O4S. The fourth-order valence-electron chi connectivity index (χ4n) is 7.00. The molecule has 2 bridgehead atoms. The minimum atomic E-state index is -0.695. The SMILES string of the molecule is CCCC(C)NC(=O)C1N([C@@H](CO)CC(C)C)C(=O)[C@@H]2[C@@H](C(=O)NCc3ccccc3)[C@@]3(C)CCC12S3. The molecule has 1 aromatic carbocycles. The Labute approximate surface area is 225 Å². The first-order chi connectivity index (χ1) is 17.6. The first-order valence-electron chi connectivity index (χ1n) is 13.8. The summed E-state index contributed by atoms with van der Waals surface area (Å²) in [6, 6.07) is 8.60. The Kier molecular flexibility index (Phi) is 8.29. The first kappa shape index (κ1) is 28.0. The van der Waals surface area contributed by atoms with Crippen LogP contribution in [-0.4, -0.2) is 62.0 Å². The molecule has 8 heteroatoms. The number of hydrogen-bond donors (Lipinski definition) is 3. The number of aliphatic hydroxyl groups is 1. The van der Waals surface area contributed by atoms with E-state index in [0.717, 1.165) is 24.8 Å². The minimum absolute atomic E-state index is 0.00765. The topological polar surface area (TPSA) is 98.7 Å². The molecule has 0 radical (unpaired) electrons. The van der Waals surface area contributed by atoms with E-state index < -0.39 is 33.4 Å². The number of nitrogens with one attached hydrogen (secondary N) is 2. The smallest absolute Gasteiger partial charge is 0.244 e. The fourth-order valence-corrected chi connectivity index (χ4v) is 9.34. The summed E-state index contributed by atoms with van der Waals surface area (Å²) in [5.74, 6) is -1.28. The number of carbonyl (C=O) groups is 3. The molecule has 0 aliphatic carbocycles. The molecule has 3 fully saturated rings. The predicted octanol–water partition coefficient (Wildman–Crippen LogP) is 3.50. The van der Waals surface area contributed by atoms with Crippen molar-refractivity contribution in [3.8, 4) is 0 Å². The number of rotatable bonds is 11. The van der Waals surface area contributed by atoms with Gasteiger partial charge in [0.05, 0.1) is 29.2 Å². The summed E-state index contributed by atoms with van der Waals surface area (Å²) in [5, 5.41) is 16.6. The lowest BCUT2D eigenvalue weighted by atomic mass is 9.66. The molecule has 3 aliphatic rings. The molecule has 204 valence electrons. The lowest BCUT2D eigenvalue weighted by Crippen LogP contribution is -2.57. The average molecular weight is 530 g/mol. The van der Waals surface area contributed by atoms with Gasteiger partial charge in [-0.15, -0.1) is 11.8 Å². The van der Waals surface area contributed by atoms with Gasteiger partial charge in [-0.25, -0.2) is 0 Å². The molecule has 3 N–H and O–H groups in total. The zero-order valence-electron chi connectivity index (χ0n) is 22.8. The quantitative estimate of drug-likeness (QED) is 0.408. The maximum absolute atomic E-state index is 14.3. The van der Waals surface area contributed by atoms with Crippen LogP contribution in [0.5, 0.6) is 0 Å². The molecule has 3 aliphatic heterocycles. The van der Waals surface area contributed by atoms with Crippen molar-refractivity contribution in [1.29, 1.82) is 0 Å². The summed E-state index contributed by atoms with van der Waals surface area (Å²) in [6.07, 6.45) is 3.90. The Balaban J connectivity index is 1.68. The molecule has 3 unspecified atom stereocenters. The van der Waals surface area contributed by atoms with Gasteiger partial charge in [0, 0.05) is 17.3 Å². The number of likely N-dealkylation sites (tertiary alicyclic amines) is 1. The highest BCUT2D eigenvalue weighted by Gasteiger charge is 2.77. The zero-order valence-corrected chi connectivity index (χ0v) is 23.6. The summed E-state index contributed by atoms with van der Waals surface area (Å²) in [6.45, 7) is 10.5. The molecule has 3 saturated heterocycles. The maximum Gasteiger partial charge on any atom is 0.244 e. The van der Waals surface area contributed by atoms with E-state index in [9.17, 15) is 19.5 Å². The molecule has 7 nitrogen and oxygen atoms in total. The van der Waals surface area contributed by atoms with Crippen molar-refractivity contribution < 1.29 is 19.5 Å². The van der Waals surface area contributed by atoms with E-state index >= 15 is 0 Å². The molecule has 3 amide bonds. The normalized spacial score (nSPS) is 31.9. The number of fused-ring (bicyclic) bond motifs is 1.